The lowest BCUT2D eigenvalue weighted by Crippen LogP contribution is -2.38. The number of rotatable bonds is 6. The molecule has 0 aliphatic heterocycles. The predicted molar refractivity (Wildman–Crippen MR) is 65.4 cm³/mol. The molecule has 1 aromatic heterocycles. The lowest BCUT2D eigenvalue weighted by atomic mass is 10.0. The quantitative estimate of drug-likeness (QED) is 0.782. The number of aryl methyl sites for hydroxylation is 1. The summed E-state index contributed by atoms with van der Waals surface area (Å²) in [6.45, 7) is 8.51. The largest absolute Gasteiger partial charge is 0.464 e. The van der Waals surface area contributed by atoms with E-state index in [1.807, 2.05) is 32.9 Å². The van der Waals surface area contributed by atoms with Crippen LogP contribution in [0.4, 0.5) is 0 Å². The van der Waals surface area contributed by atoms with E-state index in [0.717, 1.165) is 24.4 Å². The van der Waals surface area contributed by atoms with Crippen molar-refractivity contribution in [1.29, 1.82) is 0 Å². The summed E-state index contributed by atoms with van der Waals surface area (Å²) in [7, 11) is 0. The maximum absolute atomic E-state index is 9.88. The maximum Gasteiger partial charge on any atom is 0.120 e. The van der Waals surface area contributed by atoms with Crippen LogP contribution >= 0.6 is 0 Å². The number of furan rings is 1. The molecule has 0 amide bonds. The van der Waals surface area contributed by atoms with E-state index in [2.05, 4.69) is 12.2 Å². The standard InChI is InChI=1S/C13H23NO2/c1-5-11-7-8-12(16-11)10(3)14-9-13(4,15)6-2/h7-8,10,14-15H,5-6,9H2,1-4H3. The van der Waals surface area contributed by atoms with Gasteiger partial charge in [0, 0.05) is 13.0 Å². The van der Waals surface area contributed by atoms with Gasteiger partial charge in [0.25, 0.3) is 0 Å². The van der Waals surface area contributed by atoms with Crippen LogP contribution in [0.1, 0.15) is 51.7 Å². The van der Waals surface area contributed by atoms with Gasteiger partial charge in [0.1, 0.15) is 11.5 Å². The third kappa shape index (κ3) is 3.65. The Morgan fingerprint density at radius 2 is 2.12 bits per heavy atom. The first-order valence-corrected chi connectivity index (χ1v) is 6.03. The molecule has 0 bridgehead atoms. The summed E-state index contributed by atoms with van der Waals surface area (Å²) in [5.41, 5.74) is -0.644. The SMILES string of the molecule is CCc1ccc(C(C)NCC(C)(O)CC)o1. The molecular formula is C13H23NO2. The Hall–Kier alpha value is -0.800. The molecule has 0 fully saturated rings. The normalized spacial score (nSPS) is 17.1. The summed E-state index contributed by atoms with van der Waals surface area (Å²) in [6.07, 6.45) is 1.66. The molecule has 1 rings (SSSR count). The lowest BCUT2D eigenvalue weighted by Gasteiger charge is -2.23. The van der Waals surface area contributed by atoms with Crippen molar-refractivity contribution in [2.24, 2.45) is 0 Å². The van der Waals surface area contributed by atoms with Gasteiger partial charge in [-0.05, 0) is 32.4 Å². The zero-order valence-electron chi connectivity index (χ0n) is 10.7. The van der Waals surface area contributed by atoms with Crippen molar-refractivity contribution in [1.82, 2.24) is 5.32 Å². The molecule has 2 atom stereocenters. The van der Waals surface area contributed by atoms with Gasteiger partial charge in [-0.25, -0.2) is 0 Å². The summed E-state index contributed by atoms with van der Waals surface area (Å²) >= 11 is 0. The van der Waals surface area contributed by atoms with Gasteiger partial charge in [0.05, 0.1) is 11.6 Å². The average molecular weight is 225 g/mol. The highest BCUT2D eigenvalue weighted by Crippen LogP contribution is 2.17. The highest BCUT2D eigenvalue weighted by Gasteiger charge is 2.19. The van der Waals surface area contributed by atoms with E-state index in [1.54, 1.807) is 0 Å². The van der Waals surface area contributed by atoms with Crippen molar-refractivity contribution in [2.45, 2.75) is 52.2 Å². The van der Waals surface area contributed by atoms with E-state index in [0.29, 0.717) is 6.54 Å². The molecule has 3 heteroatoms. The highest BCUT2D eigenvalue weighted by molar-refractivity contribution is 5.10. The number of aliphatic hydroxyl groups is 1. The van der Waals surface area contributed by atoms with Crippen LogP contribution in [-0.2, 0) is 6.42 Å². The predicted octanol–water partition coefficient (Wildman–Crippen LogP) is 2.65. The van der Waals surface area contributed by atoms with E-state index in [9.17, 15) is 5.11 Å². The summed E-state index contributed by atoms with van der Waals surface area (Å²) in [4.78, 5) is 0. The fourth-order valence-corrected chi connectivity index (χ4v) is 1.42. The van der Waals surface area contributed by atoms with Crippen molar-refractivity contribution in [2.75, 3.05) is 6.54 Å². The Morgan fingerprint density at radius 1 is 1.44 bits per heavy atom. The van der Waals surface area contributed by atoms with Crippen LogP contribution in [0, 0.1) is 0 Å². The molecule has 0 saturated heterocycles. The zero-order valence-corrected chi connectivity index (χ0v) is 10.7. The molecule has 92 valence electrons. The summed E-state index contributed by atoms with van der Waals surface area (Å²) in [5.74, 6) is 1.94. The second-order valence-electron chi connectivity index (χ2n) is 4.61. The van der Waals surface area contributed by atoms with Gasteiger partial charge in [-0.2, -0.15) is 0 Å². The minimum Gasteiger partial charge on any atom is -0.464 e. The molecule has 1 aromatic rings. The molecule has 2 unspecified atom stereocenters. The minimum atomic E-state index is -0.644. The zero-order chi connectivity index (χ0) is 12.2. The highest BCUT2D eigenvalue weighted by atomic mass is 16.3. The maximum atomic E-state index is 9.88. The van der Waals surface area contributed by atoms with Gasteiger partial charge in [0.15, 0.2) is 0 Å². The first kappa shape index (κ1) is 13.3. The monoisotopic (exact) mass is 225 g/mol. The van der Waals surface area contributed by atoms with Crippen LogP contribution in [0.2, 0.25) is 0 Å². The van der Waals surface area contributed by atoms with E-state index in [1.165, 1.54) is 0 Å². The molecule has 1 heterocycles. The van der Waals surface area contributed by atoms with Gasteiger partial charge in [0.2, 0.25) is 0 Å². The van der Waals surface area contributed by atoms with Crippen LogP contribution < -0.4 is 5.32 Å². The molecule has 0 saturated carbocycles. The topological polar surface area (TPSA) is 45.4 Å². The number of hydrogen-bond donors (Lipinski definition) is 2. The minimum absolute atomic E-state index is 0.137. The summed E-state index contributed by atoms with van der Waals surface area (Å²) in [5, 5.41) is 13.2. The fraction of sp³-hybridized carbons (Fsp3) is 0.692. The Kier molecular flexibility index (Phi) is 4.56. The van der Waals surface area contributed by atoms with E-state index in [4.69, 9.17) is 4.42 Å². The molecular weight excluding hydrogens is 202 g/mol. The van der Waals surface area contributed by atoms with Gasteiger partial charge in [-0.3, -0.25) is 0 Å². The smallest absolute Gasteiger partial charge is 0.120 e. The molecule has 0 aromatic carbocycles. The second kappa shape index (κ2) is 5.51. The third-order valence-electron chi connectivity index (χ3n) is 3.01. The molecule has 0 radical (unpaired) electrons. The third-order valence-corrected chi connectivity index (χ3v) is 3.01. The first-order valence-electron chi connectivity index (χ1n) is 6.03. The van der Waals surface area contributed by atoms with Crippen LogP contribution in [0.25, 0.3) is 0 Å². The van der Waals surface area contributed by atoms with Crippen LogP contribution in [0.15, 0.2) is 16.5 Å². The summed E-state index contributed by atoms with van der Waals surface area (Å²) in [6, 6.07) is 4.14. The molecule has 2 N–H and O–H groups in total. The summed E-state index contributed by atoms with van der Waals surface area (Å²) < 4.78 is 5.65. The Balaban J connectivity index is 2.49. The van der Waals surface area contributed by atoms with E-state index < -0.39 is 5.60 Å². The van der Waals surface area contributed by atoms with Crippen molar-refractivity contribution in [3.8, 4) is 0 Å². The van der Waals surface area contributed by atoms with E-state index >= 15 is 0 Å². The van der Waals surface area contributed by atoms with Gasteiger partial charge >= 0.3 is 0 Å². The molecule has 3 nitrogen and oxygen atoms in total. The van der Waals surface area contributed by atoms with Crippen molar-refractivity contribution < 1.29 is 9.52 Å². The Labute approximate surface area is 97.9 Å². The molecule has 0 aliphatic carbocycles. The first-order chi connectivity index (χ1) is 7.48. The van der Waals surface area contributed by atoms with Crippen LogP contribution in [-0.4, -0.2) is 17.3 Å². The number of hydrogen-bond acceptors (Lipinski definition) is 3. The molecule has 0 spiro atoms. The van der Waals surface area contributed by atoms with Gasteiger partial charge in [-0.15, -0.1) is 0 Å². The Bertz CT molecular complexity index is 317. The lowest BCUT2D eigenvalue weighted by molar-refractivity contribution is 0.0526. The molecule has 16 heavy (non-hydrogen) atoms. The Morgan fingerprint density at radius 3 is 2.62 bits per heavy atom. The average Bonchev–Trinajstić information content (AvgIpc) is 2.74. The molecule has 0 aliphatic rings. The van der Waals surface area contributed by atoms with Crippen molar-refractivity contribution in [3.63, 3.8) is 0 Å². The van der Waals surface area contributed by atoms with Crippen LogP contribution in [0.5, 0.6) is 0 Å². The fourth-order valence-electron chi connectivity index (χ4n) is 1.42. The second-order valence-corrected chi connectivity index (χ2v) is 4.61. The van der Waals surface area contributed by atoms with Gasteiger partial charge in [-0.1, -0.05) is 13.8 Å². The number of nitrogens with one attached hydrogen (secondary N) is 1. The van der Waals surface area contributed by atoms with E-state index in [-0.39, 0.29) is 6.04 Å². The van der Waals surface area contributed by atoms with Crippen molar-refractivity contribution in [3.05, 3.63) is 23.7 Å². The van der Waals surface area contributed by atoms with Crippen molar-refractivity contribution >= 4 is 0 Å². The van der Waals surface area contributed by atoms with Gasteiger partial charge < -0.3 is 14.8 Å². The van der Waals surface area contributed by atoms with Crippen LogP contribution in [0.3, 0.4) is 0 Å².